The predicted molar refractivity (Wildman–Crippen MR) is 150 cm³/mol. The molecule has 0 aliphatic rings. The zero-order valence-corrected chi connectivity index (χ0v) is 22.5. The Morgan fingerprint density at radius 3 is 1.76 bits per heavy atom. The van der Waals surface area contributed by atoms with Crippen LogP contribution in [0.2, 0.25) is 0 Å². The number of aromatic hydroxyl groups is 1. The summed E-state index contributed by atoms with van der Waals surface area (Å²) in [4.78, 5) is 57.9. The number of carbonyl (C=O) groups excluding carboxylic acids is 3. The van der Waals surface area contributed by atoms with Crippen LogP contribution in [-0.4, -0.2) is 94.8 Å². The number of aliphatic hydroxyl groups excluding tert-OH is 1. The molecule has 0 radical (unpaired) electrons. The van der Waals surface area contributed by atoms with E-state index < -0.39 is 54.5 Å². The lowest BCUT2D eigenvalue weighted by molar-refractivity contribution is -0.142. The number of aliphatic imine (C=N–C) groups is 2. The fraction of sp³-hybridized carbons (Fsp3) is 0.500. The van der Waals surface area contributed by atoms with Gasteiger partial charge in [-0.1, -0.05) is 12.1 Å². The van der Waals surface area contributed by atoms with Gasteiger partial charge in [-0.05, 0) is 43.4 Å². The maximum absolute atomic E-state index is 13.1. The van der Waals surface area contributed by atoms with Gasteiger partial charge in [0.1, 0.15) is 23.9 Å². The summed E-state index contributed by atoms with van der Waals surface area (Å²) in [6.07, 6.45) is 0.796. The lowest BCUT2D eigenvalue weighted by Gasteiger charge is -2.24. The van der Waals surface area contributed by atoms with E-state index in [9.17, 15) is 34.5 Å². The summed E-state index contributed by atoms with van der Waals surface area (Å²) in [5.74, 6) is -4.06. The third-order valence-corrected chi connectivity index (χ3v) is 5.69. The Balaban J connectivity index is 2.90. The molecule has 17 nitrogen and oxygen atoms in total. The van der Waals surface area contributed by atoms with E-state index >= 15 is 0 Å². The highest BCUT2D eigenvalue weighted by atomic mass is 16.4. The molecule has 1 aromatic carbocycles. The molecule has 0 heterocycles. The van der Waals surface area contributed by atoms with Crippen molar-refractivity contribution in [3.63, 3.8) is 0 Å². The zero-order valence-electron chi connectivity index (χ0n) is 22.5. The van der Waals surface area contributed by atoms with Crippen LogP contribution in [-0.2, 0) is 25.6 Å². The largest absolute Gasteiger partial charge is 0.508 e. The Morgan fingerprint density at radius 2 is 1.24 bits per heavy atom. The van der Waals surface area contributed by atoms with Crippen molar-refractivity contribution in [2.75, 3.05) is 19.7 Å². The number of carboxylic acid groups (broad SMARTS) is 1. The van der Waals surface area contributed by atoms with Gasteiger partial charge in [0.15, 0.2) is 11.9 Å². The number of aliphatic carboxylic acids is 1. The normalized spacial score (nSPS) is 13.5. The summed E-state index contributed by atoms with van der Waals surface area (Å²) in [6, 6.07) is 0.599. The van der Waals surface area contributed by atoms with Gasteiger partial charge in [-0.15, -0.1) is 0 Å². The summed E-state index contributed by atoms with van der Waals surface area (Å²) in [6.45, 7) is -0.459. The quantitative estimate of drug-likeness (QED) is 0.0448. The molecule has 0 aliphatic carbocycles. The van der Waals surface area contributed by atoms with E-state index in [1.165, 1.54) is 24.3 Å². The van der Waals surface area contributed by atoms with Crippen molar-refractivity contribution in [3.05, 3.63) is 29.8 Å². The number of nitrogens with two attached hydrogens (primary N) is 5. The number of guanidine groups is 2. The second kappa shape index (κ2) is 17.9. The van der Waals surface area contributed by atoms with E-state index in [0.717, 1.165) is 0 Å². The Hall–Kier alpha value is -4.64. The molecule has 4 atom stereocenters. The fourth-order valence-electron chi connectivity index (χ4n) is 3.51. The Bertz CT molecular complexity index is 1070. The van der Waals surface area contributed by atoms with Gasteiger partial charge in [0, 0.05) is 19.5 Å². The number of nitrogens with zero attached hydrogens (tertiary/aromatic N) is 2. The molecule has 0 bridgehead atoms. The molecule has 41 heavy (non-hydrogen) atoms. The van der Waals surface area contributed by atoms with Crippen molar-refractivity contribution < 1.29 is 34.5 Å². The molecule has 0 spiro atoms. The Kier molecular flexibility index (Phi) is 15.0. The number of rotatable bonds is 18. The van der Waals surface area contributed by atoms with Gasteiger partial charge in [0.2, 0.25) is 17.7 Å². The summed E-state index contributed by atoms with van der Waals surface area (Å²) >= 11 is 0. The molecule has 228 valence electrons. The minimum absolute atomic E-state index is 0.0143. The number of nitrogens with one attached hydrogen (secondary N) is 3. The third-order valence-electron chi connectivity index (χ3n) is 5.69. The molecule has 0 aromatic heterocycles. The van der Waals surface area contributed by atoms with Crippen molar-refractivity contribution >= 4 is 35.6 Å². The van der Waals surface area contributed by atoms with E-state index in [2.05, 4.69) is 25.9 Å². The van der Waals surface area contributed by atoms with Crippen LogP contribution in [0.25, 0.3) is 0 Å². The highest BCUT2D eigenvalue weighted by molar-refractivity contribution is 5.94. The van der Waals surface area contributed by atoms with E-state index in [-0.39, 0.29) is 56.4 Å². The second-order valence-electron chi connectivity index (χ2n) is 9.08. The second-order valence-corrected chi connectivity index (χ2v) is 9.08. The average Bonchev–Trinajstić information content (AvgIpc) is 2.91. The highest BCUT2D eigenvalue weighted by Crippen LogP contribution is 2.12. The number of benzene rings is 1. The summed E-state index contributed by atoms with van der Waals surface area (Å²) in [5, 5.41) is 35.9. The molecule has 0 saturated carbocycles. The van der Waals surface area contributed by atoms with Crippen LogP contribution in [0, 0.1) is 0 Å². The molecular weight excluding hydrogens is 540 g/mol. The average molecular weight is 581 g/mol. The number of carbonyl (C=O) groups is 4. The predicted octanol–water partition coefficient (Wildman–Crippen LogP) is -4.10. The van der Waals surface area contributed by atoms with Gasteiger partial charge in [-0.3, -0.25) is 24.4 Å². The Morgan fingerprint density at radius 1 is 0.756 bits per heavy atom. The van der Waals surface area contributed by atoms with Crippen LogP contribution >= 0.6 is 0 Å². The monoisotopic (exact) mass is 580 g/mol. The third kappa shape index (κ3) is 13.8. The number of hydrogen-bond acceptors (Lipinski definition) is 9. The van der Waals surface area contributed by atoms with Gasteiger partial charge in [0.25, 0.3) is 0 Å². The smallest absolute Gasteiger partial charge is 0.326 e. The minimum atomic E-state index is -1.53. The van der Waals surface area contributed by atoms with Crippen molar-refractivity contribution in [1.29, 1.82) is 0 Å². The zero-order chi connectivity index (χ0) is 30.9. The van der Waals surface area contributed by atoms with Crippen LogP contribution < -0.4 is 44.6 Å². The van der Waals surface area contributed by atoms with E-state index in [0.29, 0.717) is 12.0 Å². The molecule has 17 heteroatoms. The molecule has 0 saturated heterocycles. The lowest BCUT2D eigenvalue weighted by atomic mass is 10.0. The first-order valence-corrected chi connectivity index (χ1v) is 12.7. The van der Waals surface area contributed by atoms with E-state index in [4.69, 9.17) is 28.7 Å². The molecule has 1 aromatic rings. The first-order valence-electron chi connectivity index (χ1n) is 12.7. The first-order chi connectivity index (χ1) is 19.3. The molecule has 0 unspecified atom stereocenters. The fourth-order valence-corrected chi connectivity index (χ4v) is 3.51. The van der Waals surface area contributed by atoms with Gasteiger partial charge in [-0.25, -0.2) is 4.79 Å². The summed E-state index contributed by atoms with van der Waals surface area (Å²) < 4.78 is 0. The molecule has 0 fully saturated rings. The van der Waals surface area contributed by atoms with Crippen LogP contribution in [0.15, 0.2) is 34.3 Å². The van der Waals surface area contributed by atoms with E-state index in [1.54, 1.807) is 0 Å². The molecule has 1 rings (SSSR count). The molecular formula is C24H40N10O7. The van der Waals surface area contributed by atoms with Crippen molar-refractivity contribution in [1.82, 2.24) is 16.0 Å². The SMILES string of the molecule is NC(N)=NCCC[C@H](NC(=O)[C@@H](N)CCCN=C(N)N)C(=O)N[C@@H](CO)C(=O)N[C@@H](Cc1ccc(O)cc1)C(=O)O. The maximum Gasteiger partial charge on any atom is 0.326 e. The van der Waals surface area contributed by atoms with Crippen molar-refractivity contribution in [2.24, 2.45) is 38.7 Å². The van der Waals surface area contributed by atoms with Crippen molar-refractivity contribution in [3.8, 4) is 5.75 Å². The molecule has 16 N–H and O–H groups in total. The van der Waals surface area contributed by atoms with Gasteiger partial charge < -0.3 is 59.9 Å². The summed E-state index contributed by atoms with van der Waals surface area (Å²) in [5.41, 5.74) is 27.6. The minimum Gasteiger partial charge on any atom is -0.508 e. The topological polar surface area (TPSA) is 320 Å². The molecule has 3 amide bonds. The molecule has 0 aliphatic heterocycles. The van der Waals surface area contributed by atoms with Crippen LogP contribution in [0.1, 0.15) is 31.2 Å². The van der Waals surface area contributed by atoms with Crippen LogP contribution in [0.5, 0.6) is 5.75 Å². The maximum atomic E-state index is 13.1. The van der Waals surface area contributed by atoms with Gasteiger partial charge in [0.05, 0.1) is 12.6 Å². The number of phenols is 1. The van der Waals surface area contributed by atoms with E-state index in [1.807, 2.05) is 0 Å². The van der Waals surface area contributed by atoms with Crippen LogP contribution in [0.4, 0.5) is 0 Å². The highest BCUT2D eigenvalue weighted by Gasteiger charge is 2.30. The van der Waals surface area contributed by atoms with Crippen LogP contribution in [0.3, 0.4) is 0 Å². The number of hydrogen-bond donors (Lipinski definition) is 11. The number of amides is 3. The number of aliphatic hydroxyl groups is 1. The summed E-state index contributed by atoms with van der Waals surface area (Å²) in [7, 11) is 0. The number of carboxylic acids is 1. The lowest BCUT2D eigenvalue weighted by Crippen LogP contribution is -2.58. The Labute approximate surface area is 236 Å². The standard InChI is InChI=1S/C24H40N10O7/c25-15(3-1-9-30-23(26)27)19(37)32-16(4-2-10-31-24(28)29)20(38)34-18(12-35)21(39)33-17(22(40)41)11-13-5-7-14(36)8-6-13/h5-8,15-18,35-36H,1-4,9-12,25H2,(H,32,37)(H,33,39)(H,34,38)(H,40,41)(H4,26,27,30)(H4,28,29,31)/t15-,16-,17-,18-/m0/s1. The number of phenolic OH excluding ortho intramolecular Hbond substituents is 1. The van der Waals surface area contributed by atoms with Gasteiger partial charge >= 0.3 is 5.97 Å². The first kappa shape index (κ1) is 34.4. The van der Waals surface area contributed by atoms with Crippen molar-refractivity contribution in [2.45, 2.75) is 56.3 Å². The van der Waals surface area contributed by atoms with Gasteiger partial charge in [-0.2, -0.15) is 0 Å².